The first kappa shape index (κ1) is 17.5. The van der Waals surface area contributed by atoms with Crippen LogP contribution in [0.4, 0.5) is 4.39 Å². The third-order valence-corrected chi connectivity index (χ3v) is 5.11. The zero-order valence-corrected chi connectivity index (χ0v) is 15.3. The summed E-state index contributed by atoms with van der Waals surface area (Å²) >= 11 is 0. The molecule has 2 unspecified atom stereocenters. The summed E-state index contributed by atoms with van der Waals surface area (Å²) in [7, 11) is 1.95. The third kappa shape index (κ3) is 3.52. The maximum atomic E-state index is 14.6. The first-order chi connectivity index (χ1) is 13.0. The first-order valence-electron chi connectivity index (χ1n) is 9.07. The minimum Gasteiger partial charge on any atom is -0.391 e. The van der Waals surface area contributed by atoms with E-state index in [0.717, 1.165) is 24.9 Å². The van der Waals surface area contributed by atoms with Gasteiger partial charge in [-0.2, -0.15) is 0 Å². The third-order valence-electron chi connectivity index (χ3n) is 5.11. The molecule has 2 aromatic heterocycles. The van der Waals surface area contributed by atoms with Crippen molar-refractivity contribution in [3.63, 3.8) is 0 Å². The molecule has 2 atom stereocenters. The van der Waals surface area contributed by atoms with Gasteiger partial charge in [0.15, 0.2) is 12.0 Å². The number of hydrogen-bond donors (Lipinski definition) is 2. The second-order valence-electron chi connectivity index (χ2n) is 7.10. The molecule has 1 aromatic carbocycles. The molecule has 1 aliphatic rings. The van der Waals surface area contributed by atoms with Crippen LogP contribution >= 0.6 is 0 Å². The van der Waals surface area contributed by atoms with Crippen LogP contribution < -0.4 is 16.0 Å². The van der Waals surface area contributed by atoms with Crippen LogP contribution in [0, 0.1) is 5.82 Å². The van der Waals surface area contributed by atoms with Crippen molar-refractivity contribution in [2.45, 2.75) is 38.0 Å². The van der Waals surface area contributed by atoms with E-state index in [4.69, 9.17) is 16.3 Å². The molecule has 27 heavy (non-hydrogen) atoms. The molecule has 3 aromatic rings. The van der Waals surface area contributed by atoms with E-state index in [9.17, 15) is 4.39 Å². The van der Waals surface area contributed by atoms with Gasteiger partial charge >= 0.3 is 5.65 Å². The number of aryl methyl sites for hydroxylation is 1. The zero-order valence-electron chi connectivity index (χ0n) is 15.3. The molecule has 0 saturated heterocycles. The summed E-state index contributed by atoms with van der Waals surface area (Å²) in [5, 5.41) is 3.96. The summed E-state index contributed by atoms with van der Waals surface area (Å²) in [6.45, 7) is 0.431. The highest BCUT2D eigenvalue weighted by atomic mass is 19.1. The molecular formula is C19H24FN6O+. The van der Waals surface area contributed by atoms with Crippen LogP contribution in [0.2, 0.25) is 0 Å². The van der Waals surface area contributed by atoms with Crippen LogP contribution in [-0.2, 0) is 18.4 Å². The van der Waals surface area contributed by atoms with Crippen molar-refractivity contribution in [3.8, 4) is 0 Å². The van der Waals surface area contributed by atoms with Crippen LogP contribution in [-0.4, -0.2) is 27.2 Å². The molecule has 1 fully saturated rings. The number of imidazole rings is 1. The molecule has 0 bridgehead atoms. The Labute approximate surface area is 156 Å². The summed E-state index contributed by atoms with van der Waals surface area (Å²) in [5.41, 5.74) is 13.9. The number of fused-ring (bicyclic) bond motifs is 1. The smallest absolute Gasteiger partial charge is 0.307 e. The lowest BCUT2D eigenvalue weighted by molar-refractivity contribution is -0.662. The predicted molar refractivity (Wildman–Crippen MR) is 99.5 cm³/mol. The van der Waals surface area contributed by atoms with E-state index in [1.807, 2.05) is 45.5 Å². The van der Waals surface area contributed by atoms with Crippen LogP contribution in [0.5, 0.6) is 0 Å². The van der Waals surface area contributed by atoms with Gasteiger partial charge in [0.1, 0.15) is 24.7 Å². The monoisotopic (exact) mass is 371 g/mol. The topological polar surface area (TPSA) is 86.8 Å². The average molecular weight is 371 g/mol. The predicted octanol–water partition coefficient (Wildman–Crippen LogP) is 1.27. The molecule has 0 aliphatic heterocycles. The fourth-order valence-corrected chi connectivity index (χ4v) is 3.52. The number of halogens is 1. The molecule has 0 spiro atoms. The minimum atomic E-state index is -0.323. The number of rotatable bonds is 5. The average Bonchev–Trinajstić information content (AvgIpc) is 3.34. The van der Waals surface area contributed by atoms with Crippen LogP contribution in [0.1, 0.15) is 30.4 Å². The molecule has 2 heterocycles. The van der Waals surface area contributed by atoms with E-state index in [2.05, 4.69) is 5.16 Å². The van der Waals surface area contributed by atoms with E-state index < -0.39 is 0 Å². The van der Waals surface area contributed by atoms with Crippen molar-refractivity contribution >= 4 is 11.5 Å². The highest BCUT2D eigenvalue weighted by molar-refractivity contribution is 5.97. The lowest BCUT2D eigenvalue weighted by Gasteiger charge is -2.09. The number of nitrogens with two attached hydrogens (primary N) is 2. The molecule has 1 aliphatic carbocycles. The molecule has 1 saturated carbocycles. The van der Waals surface area contributed by atoms with Gasteiger partial charge < -0.3 is 16.3 Å². The number of oxime groups is 1. The van der Waals surface area contributed by atoms with Crippen molar-refractivity contribution in [1.29, 1.82) is 0 Å². The second-order valence-corrected chi connectivity index (χ2v) is 7.10. The van der Waals surface area contributed by atoms with Gasteiger partial charge in [-0.25, -0.2) is 13.6 Å². The van der Waals surface area contributed by atoms with Crippen molar-refractivity contribution in [2.24, 2.45) is 23.7 Å². The van der Waals surface area contributed by atoms with E-state index >= 15 is 0 Å². The molecule has 7 nitrogen and oxygen atoms in total. The summed E-state index contributed by atoms with van der Waals surface area (Å²) in [6, 6.07) is 7.05. The SMILES string of the molecule is Cn1ccc2n1cc[n+]2Cc1ccc(C(N)=NOC2CCC(N)C2)cc1F. The van der Waals surface area contributed by atoms with E-state index in [-0.39, 0.29) is 23.8 Å². The second kappa shape index (κ2) is 7.03. The maximum absolute atomic E-state index is 14.6. The molecule has 142 valence electrons. The molecule has 4 rings (SSSR count). The van der Waals surface area contributed by atoms with Crippen LogP contribution in [0.3, 0.4) is 0 Å². The zero-order chi connectivity index (χ0) is 19.0. The molecule has 4 N–H and O–H groups in total. The Morgan fingerprint density at radius 1 is 1.33 bits per heavy atom. The standard InChI is InChI=1S/C19H24FN6O/c1-24-7-6-18-25(8-9-26(18)24)12-14-3-2-13(10-17(14)20)19(22)23-27-16-5-4-15(21)11-16/h2-3,6-10,15-16H,4-5,11-12,21H2,1H3,(H2,22,23)/q+1. The molecule has 0 amide bonds. The van der Waals surface area contributed by atoms with E-state index in [1.54, 1.807) is 12.1 Å². The van der Waals surface area contributed by atoms with Gasteiger partial charge in [0, 0.05) is 42.9 Å². The Bertz CT molecular complexity index is 991. The van der Waals surface area contributed by atoms with Crippen molar-refractivity contribution in [1.82, 2.24) is 9.20 Å². The summed E-state index contributed by atoms with van der Waals surface area (Å²) < 4.78 is 20.5. The normalized spacial score (nSPS) is 20.5. The van der Waals surface area contributed by atoms with Gasteiger partial charge in [0.25, 0.3) is 0 Å². The molecule has 0 radical (unpaired) electrons. The fourth-order valence-electron chi connectivity index (χ4n) is 3.52. The highest BCUT2D eigenvalue weighted by Crippen LogP contribution is 2.20. The first-order valence-corrected chi connectivity index (χ1v) is 9.07. The largest absolute Gasteiger partial charge is 0.391 e. The number of benzene rings is 1. The Kier molecular flexibility index (Phi) is 4.57. The maximum Gasteiger partial charge on any atom is 0.307 e. The van der Waals surface area contributed by atoms with Gasteiger partial charge in [-0.3, -0.25) is 0 Å². The molecule has 8 heteroatoms. The Balaban J connectivity index is 1.48. The summed E-state index contributed by atoms with van der Waals surface area (Å²) in [5.74, 6) is -0.154. The highest BCUT2D eigenvalue weighted by Gasteiger charge is 2.23. The minimum absolute atomic E-state index is 0.0119. The summed E-state index contributed by atoms with van der Waals surface area (Å²) in [6.07, 6.45) is 8.38. The van der Waals surface area contributed by atoms with Gasteiger partial charge in [-0.05, 0) is 18.9 Å². The quantitative estimate of drug-likeness (QED) is 0.306. The van der Waals surface area contributed by atoms with Crippen molar-refractivity contribution in [3.05, 3.63) is 59.8 Å². The van der Waals surface area contributed by atoms with Gasteiger partial charge in [0.05, 0.1) is 0 Å². The Morgan fingerprint density at radius 2 is 2.19 bits per heavy atom. The number of nitrogens with zero attached hydrogens (tertiary/aromatic N) is 4. The van der Waals surface area contributed by atoms with Crippen LogP contribution in [0.25, 0.3) is 5.65 Å². The number of aromatic nitrogens is 3. The fraction of sp³-hybridized carbons (Fsp3) is 0.368. The molecular weight excluding hydrogens is 347 g/mol. The number of amidine groups is 1. The van der Waals surface area contributed by atoms with Gasteiger partial charge in [0.2, 0.25) is 0 Å². The van der Waals surface area contributed by atoms with Crippen molar-refractivity contribution < 1.29 is 13.8 Å². The van der Waals surface area contributed by atoms with Gasteiger partial charge in [-0.15, -0.1) is 4.52 Å². The number of hydrogen-bond acceptors (Lipinski definition) is 3. The Morgan fingerprint density at radius 3 is 2.93 bits per heavy atom. The van der Waals surface area contributed by atoms with Crippen molar-refractivity contribution in [2.75, 3.05) is 0 Å². The lowest BCUT2D eigenvalue weighted by Crippen LogP contribution is -2.33. The Hall–Kier alpha value is -2.87. The lowest BCUT2D eigenvalue weighted by atomic mass is 10.1. The summed E-state index contributed by atoms with van der Waals surface area (Å²) in [4.78, 5) is 5.45. The van der Waals surface area contributed by atoms with E-state index in [0.29, 0.717) is 17.7 Å². The van der Waals surface area contributed by atoms with Gasteiger partial charge in [-0.1, -0.05) is 17.3 Å². The van der Waals surface area contributed by atoms with Crippen LogP contribution in [0.15, 0.2) is 48.0 Å². The van der Waals surface area contributed by atoms with E-state index in [1.165, 1.54) is 6.07 Å².